The van der Waals surface area contributed by atoms with Crippen LogP contribution in [0.4, 0.5) is 0 Å². The molecule has 100 valence electrons. The zero-order valence-electron chi connectivity index (χ0n) is 10.6. The summed E-state index contributed by atoms with van der Waals surface area (Å²) in [6, 6.07) is 0.500. The van der Waals surface area contributed by atoms with E-state index in [0.717, 1.165) is 19.5 Å². The Kier molecular flexibility index (Phi) is 4.30. The van der Waals surface area contributed by atoms with Gasteiger partial charge in [0.15, 0.2) is 5.82 Å². The molecule has 2 heterocycles. The number of hydrogen-bond donors (Lipinski definition) is 1. The van der Waals surface area contributed by atoms with Crippen LogP contribution in [0.2, 0.25) is 0 Å². The van der Waals surface area contributed by atoms with Gasteiger partial charge in [-0.05, 0) is 25.9 Å². The smallest absolute Gasteiger partial charge is 0.303 e. The Morgan fingerprint density at radius 1 is 1.61 bits per heavy atom. The first-order chi connectivity index (χ1) is 8.69. The van der Waals surface area contributed by atoms with Crippen LogP contribution in [-0.2, 0) is 17.6 Å². The summed E-state index contributed by atoms with van der Waals surface area (Å²) in [5.74, 6) is 0.275. The molecule has 6 heteroatoms. The van der Waals surface area contributed by atoms with E-state index < -0.39 is 5.97 Å². The van der Waals surface area contributed by atoms with Crippen LogP contribution in [0, 0.1) is 0 Å². The van der Waals surface area contributed by atoms with Crippen molar-refractivity contribution in [1.82, 2.24) is 15.0 Å². The largest absolute Gasteiger partial charge is 0.481 e. The standard InChI is InChI=1S/C12H19N3O3/c1-2-15-7-3-4-9(15)8-10-13-11(18-14-10)5-6-12(16)17/h9H,2-8H2,1H3,(H,16,17). The maximum atomic E-state index is 10.4. The number of rotatable bonds is 6. The summed E-state index contributed by atoms with van der Waals surface area (Å²) in [5.41, 5.74) is 0. The van der Waals surface area contributed by atoms with Crippen LogP contribution >= 0.6 is 0 Å². The highest BCUT2D eigenvalue weighted by atomic mass is 16.5. The van der Waals surface area contributed by atoms with Crippen LogP contribution in [0.25, 0.3) is 0 Å². The van der Waals surface area contributed by atoms with Crippen LogP contribution in [0.1, 0.15) is 37.9 Å². The van der Waals surface area contributed by atoms with Gasteiger partial charge in [0.25, 0.3) is 0 Å². The summed E-state index contributed by atoms with van der Waals surface area (Å²) in [6.45, 7) is 4.35. The fourth-order valence-electron chi connectivity index (χ4n) is 2.44. The van der Waals surface area contributed by atoms with Crippen molar-refractivity contribution in [2.24, 2.45) is 0 Å². The lowest BCUT2D eigenvalue weighted by atomic mass is 10.1. The first-order valence-corrected chi connectivity index (χ1v) is 6.46. The number of likely N-dealkylation sites (N-methyl/N-ethyl adjacent to an activating group) is 1. The van der Waals surface area contributed by atoms with Gasteiger partial charge >= 0.3 is 5.97 Å². The molecule has 18 heavy (non-hydrogen) atoms. The van der Waals surface area contributed by atoms with E-state index in [1.54, 1.807) is 0 Å². The van der Waals surface area contributed by atoms with Crippen molar-refractivity contribution in [3.8, 4) is 0 Å². The van der Waals surface area contributed by atoms with Crippen LogP contribution in [-0.4, -0.2) is 45.2 Å². The molecule has 0 saturated carbocycles. The van der Waals surface area contributed by atoms with E-state index in [4.69, 9.17) is 9.63 Å². The maximum Gasteiger partial charge on any atom is 0.303 e. The van der Waals surface area contributed by atoms with Crippen molar-refractivity contribution < 1.29 is 14.4 Å². The first kappa shape index (κ1) is 13.0. The second-order valence-electron chi connectivity index (χ2n) is 4.63. The molecular weight excluding hydrogens is 234 g/mol. The van der Waals surface area contributed by atoms with Crippen LogP contribution in [0.15, 0.2) is 4.52 Å². The summed E-state index contributed by atoms with van der Waals surface area (Å²) in [7, 11) is 0. The molecule has 0 aliphatic carbocycles. The molecule has 0 radical (unpaired) electrons. The fourth-order valence-corrected chi connectivity index (χ4v) is 2.44. The molecule has 1 saturated heterocycles. The number of hydrogen-bond acceptors (Lipinski definition) is 5. The van der Waals surface area contributed by atoms with Crippen molar-refractivity contribution in [1.29, 1.82) is 0 Å². The predicted molar refractivity (Wildman–Crippen MR) is 64.2 cm³/mol. The minimum absolute atomic E-state index is 0.0339. The molecule has 1 atom stereocenters. The number of nitrogens with zero attached hydrogens (tertiary/aromatic N) is 3. The van der Waals surface area contributed by atoms with Crippen molar-refractivity contribution in [2.45, 2.75) is 45.1 Å². The van der Waals surface area contributed by atoms with Crippen LogP contribution < -0.4 is 0 Å². The molecule has 0 spiro atoms. The van der Waals surface area contributed by atoms with Gasteiger partial charge in [0.05, 0.1) is 6.42 Å². The Bertz CT molecular complexity index is 405. The predicted octanol–water partition coefficient (Wildman–Crippen LogP) is 1.11. The van der Waals surface area contributed by atoms with Gasteiger partial charge in [-0.2, -0.15) is 4.98 Å². The quantitative estimate of drug-likeness (QED) is 0.818. The molecule has 0 bridgehead atoms. The lowest BCUT2D eigenvalue weighted by Crippen LogP contribution is -2.31. The second kappa shape index (κ2) is 5.95. The Labute approximate surface area is 106 Å². The van der Waals surface area contributed by atoms with Gasteiger partial charge in [-0.1, -0.05) is 12.1 Å². The van der Waals surface area contributed by atoms with Gasteiger partial charge in [0, 0.05) is 18.9 Å². The third-order valence-corrected chi connectivity index (χ3v) is 3.39. The SMILES string of the molecule is CCN1CCCC1Cc1noc(CCC(=O)O)n1. The Balaban J connectivity index is 1.88. The van der Waals surface area contributed by atoms with Crippen LogP contribution in [0.3, 0.4) is 0 Å². The van der Waals surface area contributed by atoms with E-state index in [1.807, 2.05) is 0 Å². The molecule has 1 aliphatic rings. The highest BCUT2D eigenvalue weighted by Gasteiger charge is 2.24. The van der Waals surface area contributed by atoms with Crippen molar-refractivity contribution >= 4 is 5.97 Å². The lowest BCUT2D eigenvalue weighted by molar-refractivity contribution is -0.137. The van der Waals surface area contributed by atoms with E-state index >= 15 is 0 Å². The van der Waals surface area contributed by atoms with E-state index in [2.05, 4.69) is 22.0 Å². The molecule has 1 N–H and O–H groups in total. The van der Waals surface area contributed by atoms with Crippen molar-refractivity contribution in [3.05, 3.63) is 11.7 Å². The fraction of sp³-hybridized carbons (Fsp3) is 0.750. The summed E-state index contributed by atoms with van der Waals surface area (Å²) in [6.07, 6.45) is 3.54. The van der Waals surface area contributed by atoms with Crippen molar-refractivity contribution in [2.75, 3.05) is 13.1 Å². The van der Waals surface area contributed by atoms with E-state index in [9.17, 15) is 4.79 Å². The van der Waals surface area contributed by atoms with Gasteiger partial charge < -0.3 is 14.5 Å². The average molecular weight is 253 g/mol. The van der Waals surface area contributed by atoms with Gasteiger partial charge in [-0.15, -0.1) is 0 Å². The number of carboxylic acids is 1. The van der Waals surface area contributed by atoms with Gasteiger partial charge in [0.1, 0.15) is 0 Å². The summed E-state index contributed by atoms with van der Waals surface area (Å²) < 4.78 is 5.05. The van der Waals surface area contributed by atoms with E-state index in [-0.39, 0.29) is 6.42 Å². The molecular formula is C12H19N3O3. The zero-order valence-corrected chi connectivity index (χ0v) is 10.6. The van der Waals surface area contributed by atoms with E-state index in [0.29, 0.717) is 24.2 Å². The Morgan fingerprint density at radius 3 is 3.17 bits per heavy atom. The maximum absolute atomic E-state index is 10.4. The molecule has 2 rings (SSSR count). The zero-order chi connectivity index (χ0) is 13.0. The number of carbonyl (C=O) groups is 1. The monoisotopic (exact) mass is 253 g/mol. The third kappa shape index (κ3) is 3.29. The number of carboxylic acid groups (broad SMARTS) is 1. The second-order valence-corrected chi connectivity index (χ2v) is 4.63. The molecule has 1 aliphatic heterocycles. The summed E-state index contributed by atoms with van der Waals surface area (Å²) in [4.78, 5) is 17.1. The molecule has 1 aromatic heterocycles. The minimum Gasteiger partial charge on any atom is -0.481 e. The topological polar surface area (TPSA) is 79.5 Å². The molecule has 6 nitrogen and oxygen atoms in total. The molecule has 1 fully saturated rings. The number of aliphatic carboxylic acids is 1. The third-order valence-electron chi connectivity index (χ3n) is 3.39. The summed E-state index contributed by atoms with van der Waals surface area (Å²) in [5, 5.41) is 12.5. The highest BCUT2D eigenvalue weighted by molar-refractivity contribution is 5.66. The summed E-state index contributed by atoms with van der Waals surface area (Å²) >= 11 is 0. The van der Waals surface area contributed by atoms with E-state index in [1.165, 1.54) is 12.8 Å². The number of likely N-dealkylation sites (tertiary alicyclic amines) is 1. The van der Waals surface area contributed by atoms with Gasteiger partial charge in [-0.25, -0.2) is 0 Å². The number of aryl methyl sites for hydroxylation is 1. The average Bonchev–Trinajstić information content (AvgIpc) is 2.96. The first-order valence-electron chi connectivity index (χ1n) is 6.46. The molecule has 0 aromatic carbocycles. The minimum atomic E-state index is -0.845. The highest BCUT2D eigenvalue weighted by Crippen LogP contribution is 2.19. The lowest BCUT2D eigenvalue weighted by Gasteiger charge is -2.20. The number of aromatic nitrogens is 2. The van der Waals surface area contributed by atoms with Gasteiger partial charge in [-0.3, -0.25) is 4.79 Å². The van der Waals surface area contributed by atoms with Crippen molar-refractivity contribution in [3.63, 3.8) is 0 Å². The van der Waals surface area contributed by atoms with Gasteiger partial charge in [0.2, 0.25) is 5.89 Å². The molecule has 0 amide bonds. The normalized spacial score (nSPS) is 20.4. The van der Waals surface area contributed by atoms with Crippen LogP contribution in [0.5, 0.6) is 0 Å². The Morgan fingerprint density at radius 2 is 2.44 bits per heavy atom. The Hall–Kier alpha value is -1.43. The molecule has 1 unspecified atom stereocenters. The molecule has 1 aromatic rings.